The molecule has 2 nitrogen and oxygen atoms in total. The number of hydrogen-bond donors (Lipinski definition) is 1. The first-order valence-electron chi connectivity index (χ1n) is 6.62. The molecule has 0 unspecified atom stereocenters. The van der Waals surface area contributed by atoms with E-state index < -0.39 is 0 Å². The van der Waals surface area contributed by atoms with Gasteiger partial charge in [-0.1, -0.05) is 49.7 Å². The van der Waals surface area contributed by atoms with Crippen molar-refractivity contribution in [3.63, 3.8) is 0 Å². The number of ether oxygens (including phenoxy) is 1. The van der Waals surface area contributed by atoms with Gasteiger partial charge in [0.2, 0.25) is 0 Å². The maximum atomic E-state index is 7.18. The fourth-order valence-electron chi connectivity index (χ4n) is 1.88. The van der Waals surface area contributed by atoms with E-state index in [4.69, 9.17) is 21.7 Å². The highest BCUT2D eigenvalue weighted by atomic mass is 35.5. The molecular weight excluding hydrogens is 270 g/mol. The summed E-state index contributed by atoms with van der Waals surface area (Å²) in [6.07, 6.45) is 1.26. The van der Waals surface area contributed by atoms with E-state index in [0.29, 0.717) is 23.3 Å². The lowest BCUT2D eigenvalue weighted by atomic mass is 10.0. The molecular formula is C17H18ClNO. The van der Waals surface area contributed by atoms with Crippen LogP contribution >= 0.6 is 11.6 Å². The number of benzene rings is 2. The van der Waals surface area contributed by atoms with Crippen molar-refractivity contribution in [3.8, 4) is 5.75 Å². The van der Waals surface area contributed by atoms with Crippen LogP contribution in [0, 0.1) is 5.41 Å². The van der Waals surface area contributed by atoms with E-state index in [1.165, 1.54) is 11.8 Å². The van der Waals surface area contributed by atoms with Crippen molar-refractivity contribution in [2.75, 3.05) is 0 Å². The molecule has 0 heterocycles. The minimum absolute atomic E-state index is 0.488. The summed E-state index contributed by atoms with van der Waals surface area (Å²) < 4.78 is 5.72. The lowest BCUT2D eigenvalue weighted by Crippen LogP contribution is -1.97. The van der Waals surface area contributed by atoms with Gasteiger partial charge in [-0.2, -0.15) is 0 Å². The normalized spacial score (nSPS) is 10.6. The Balaban J connectivity index is 2.03. The third-order valence-electron chi connectivity index (χ3n) is 3.16. The Labute approximate surface area is 124 Å². The van der Waals surface area contributed by atoms with E-state index >= 15 is 0 Å². The molecule has 0 saturated carbocycles. The predicted molar refractivity (Wildman–Crippen MR) is 84.2 cm³/mol. The SMILES string of the molecule is CC(C)c1ccc(COc2ccc(C=N)cc2Cl)cc1. The Kier molecular flexibility index (Phi) is 4.80. The highest BCUT2D eigenvalue weighted by Gasteiger charge is 2.04. The van der Waals surface area contributed by atoms with Crippen LogP contribution in [0.5, 0.6) is 5.75 Å². The first-order chi connectivity index (χ1) is 9.60. The molecule has 104 valence electrons. The second kappa shape index (κ2) is 6.58. The van der Waals surface area contributed by atoms with Crippen LogP contribution in [-0.4, -0.2) is 6.21 Å². The standard InChI is InChI=1S/C17H18ClNO/c1-12(2)15-6-3-13(4-7-15)11-20-17-8-5-14(10-19)9-16(17)18/h3-10,12,19H,11H2,1-2H3. The van der Waals surface area contributed by atoms with E-state index in [-0.39, 0.29) is 0 Å². The van der Waals surface area contributed by atoms with Crippen molar-refractivity contribution in [1.82, 2.24) is 0 Å². The topological polar surface area (TPSA) is 33.1 Å². The highest BCUT2D eigenvalue weighted by Crippen LogP contribution is 2.26. The molecule has 1 N–H and O–H groups in total. The summed E-state index contributed by atoms with van der Waals surface area (Å²) in [5.41, 5.74) is 3.20. The third-order valence-corrected chi connectivity index (χ3v) is 3.46. The van der Waals surface area contributed by atoms with Crippen LogP contribution in [0.2, 0.25) is 5.02 Å². The van der Waals surface area contributed by atoms with Crippen LogP contribution in [-0.2, 0) is 6.61 Å². The number of rotatable bonds is 5. The summed E-state index contributed by atoms with van der Waals surface area (Å²) in [5, 5.41) is 7.71. The van der Waals surface area contributed by atoms with Gasteiger partial charge in [0.25, 0.3) is 0 Å². The van der Waals surface area contributed by atoms with Crippen molar-refractivity contribution in [3.05, 3.63) is 64.2 Å². The Morgan fingerprint density at radius 2 is 1.85 bits per heavy atom. The Hall–Kier alpha value is -1.80. The molecule has 0 bridgehead atoms. The van der Waals surface area contributed by atoms with Gasteiger partial charge in [0.15, 0.2) is 0 Å². The van der Waals surface area contributed by atoms with E-state index in [1.807, 2.05) is 6.07 Å². The molecule has 2 aromatic carbocycles. The van der Waals surface area contributed by atoms with Gasteiger partial charge in [-0.05, 0) is 40.8 Å². The van der Waals surface area contributed by atoms with E-state index in [9.17, 15) is 0 Å². The van der Waals surface area contributed by atoms with Crippen molar-refractivity contribution in [1.29, 1.82) is 5.41 Å². The molecule has 0 spiro atoms. The molecule has 0 aromatic heterocycles. The van der Waals surface area contributed by atoms with Gasteiger partial charge in [0.05, 0.1) is 5.02 Å². The van der Waals surface area contributed by atoms with E-state index in [2.05, 4.69) is 38.1 Å². The largest absolute Gasteiger partial charge is 0.487 e. The number of hydrogen-bond acceptors (Lipinski definition) is 2. The van der Waals surface area contributed by atoms with E-state index in [1.54, 1.807) is 12.1 Å². The summed E-state index contributed by atoms with van der Waals surface area (Å²) in [4.78, 5) is 0. The van der Waals surface area contributed by atoms with Gasteiger partial charge in [-0.25, -0.2) is 0 Å². The van der Waals surface area contributed by atoms with Gasteiger partial charge < -0.3 is 10.1 Å². The van der Waals surface area contributed by atoms with Crippen LogP contribution in [0.3, 0.4) is 0 Å². The van der Waals surface area contributed by atoms with Crippen LogP contribution in [0.4, 0.5) is 0 Å². The summed E-state index contributed by atoms with van der Waals surface area (Å²) >= 11 is 6.11. The monoisotopic (exact) mass is 287 g/mol. The fourth-order valence-corrected chi connectivity index (χ4v) is 2.13. The Bertz CT molecular complexity index is 590. The molecule has 0 radical (unpaired) electrons. The maximum absolute atomic E-state index is 7.18. The second-order valence-corrected chi connectivity index (χ2v) is 5.43. The van der Waals surface area contributed by atoms with Crippen molar-refractivity contribution in [2.45, 2.75) is 26.4 Å². The smallest absolute Gasteiger partial charge is 0.138 e. The van der Waals surface area contributed by atoms with Crippen molar-refractivity contribution >= 4 is 17.8 Å². The number of nitrogens with one attached hydrogen (secondary N) is 1. The molecule has 0 aliphatic rings. The van der Waals surface area contributed by atoms with E-state index in [0.717, 1.165) is 11.1 Å². The van der Waals surface area contributed by atoms with Gasteiger partial charge in [0.1, 0.15) is 12.4 Å². The lowest BCUT2D eigenvalue weighted by molar-refractivity contribution is 0.306. The number of halogens is 1. The average Bonchev–Trinajstić information content (AvgIpc) is 2.46. The summed E-state index contributed by atoms with van der Waals surface area (Å²) in [6, 6.07) is 13.8. The Morgan fingerprint density at radius 1 is 1.15 bits per heavy atom. The predicted octanol–water partition coefficient (Wildman–Crippen LogP) is 5.04. The minimum atomic E-state index is 0.488. The van der Waals surface area contributed by atoms with Gasteiger partial charge >= 0.3 is 0 Å². The molecule has 3 heteroatoms. The van der Waals surface area contributed by atoms with Crippen molar-refractivity contribution in [2.24, 2.45) is 0 Å². The zero-order valence-corrected chi connectivity index (χ0v) is 12.4. The van der Waals surface area contributed by atoms with Crippen LogP contribution in [0.25, 0.3) is 0 Å². The summed E-state index contributed by atoms with van der Waals surface area (Å²) in [7, 11) is 0. The molecule has 0 fully saturated rings. The first kappa shape index (κ1) is 14.6. The minimum Gasteiger partial charge on any atom is -0.487 e. The maximum Gasteiger partial charge on any atom is 0.138 e. The first-order valence-corrected chi connectivity index (χ1v) is 6.99. The molecule has 2 aromatic rings. The summed E-state index contributed by atoms with van der Waals surface area (Å²) in [6.45, 7) is 4.84. The summed E-state index contributed by atoms with van der Waals surface area (Å²) in [5.74, 6) is 1.18. The quantitative estimate of drug-likeness (QED) is 0.768. The van der Waals surface area contributed by atoms with Crippen LogP contribution in [0.1, 0.15) is 36.5 Å². The molecule has 0 atom stereocenters. The second-order valence-electron chi connectivity index (χ2n) is 5.02. The Morgan fingerprint density at radius 3 is 2.40 bits per heavy atom. The van der Waals surface area contributed by atoms with Gasteiger partial charge in [0, 0.05) is 6.21 Å². The lowest BCUT2D eigenvalue weighted by Gasteiger charge is -2.10. The molecule has 0 aliphatic heterocycles. The average molecular weight is 288 g/mol. The zero-order chi connectivity index (χ0) is 14.5. The van der Waals surface area contributed by atoms with Crippen LogP contribution < -0.4 is 4.74 Å². The molecule has 0 amide bonds. The third kappa shape index (κ3) is 3.61. The highest BCUT2D eigenvalue weighted by molar-refractivity contribution is 6.32. The molecule has 20 heavy (non-hydrogen) atoms. The fraction of sp³-hybridized carbons (Fsp3) is 0.235. The molecule has 2 rings (SSSR count). The van der Waals surface area contributed by atoms with Crippen LogP contribution in [0.15, 0.2) is 42.5 Å². The van der Waals surface area contributed by atoms with Crippen molar-refractivity contribution < 1.29 is 4.74 Å². The van der Waals surface area contributed by atoms with Gasteiger partial charge in [-0.15, -0.1) is 0 Å². The van der Waals surface area contributed by atoms with Gasteiger partial charge in [-0.3, -0.25) is 0 Å². The zero-order valence-electron chi connectivity index (χ0n) is 11.7. The molecule has 0 saturated heterocycles. The molecule has 0 aliphatic carbocycles.